The Bertz CT molecular complexity index is 1260. The van der Waals surface area contributed by atoms with Crippen LogP contribution < -0.4 is 11.0 Å². The van der Waals surface area contributed by atoms with Crippen molar-refractivity contribution in [2.75, 3.05) is 0 Å². The number of nitrogens with zero attached hydrogens (tertiary/aromatic N) is 2. The third-order valence-electron chi connectivity index (χ3n) is 6.00. The number of rotatable bonds is 7. The number of hydrogen-bond acceptors (Lipinski definition) is 2. The summed E-state index contributed by atoms with van der Waals surface area (Å²) in [6.45, 7) is 3.57. The van der Waals surface area contributed by atoms with Crippen LogP contribution >= 0.6 is 11.6 Å². The lowest BCUT2D eigenvalue weighted by Gasteiger charge is -2.27. The summed E-state index contributed by atoms with van der Waals surface area (Å²) in [6, 6.07) is 12.0. The zero-order valence-electron chi connectivity index (χ0n) is 18.8. The average molecular weight is 492 g/mol. The molecule has 1 aromatic heterocycles. The van der Waals surface area contributed by atoms with E-state index in [0.717, 1.165) is 30.5 Å². The number of alkyl halides is 3. The maximum Gasteiger partial charge on any atom is 0.416 e. The van der Waals surface area contributed by atoms with Crippen molar-refractivity contribution in [1.29, 1.82) is 0 Å². The molecule has 0 atom stereocenters. The highest BCUT2D eigenvalue weighted by molar-refractivity contribution is 6.30. The van der Waals surface area contributed by atoms with Gasteiger partial charge in [0.1, 0.15) is 6.54 Å². The zero-order valence-corrected chi connectivity index (χ0v) is 19.6. The Hall–Kier alpha value is -3.00. The Morgan fingerprint density at radius 3 is 2.35 bits per heavy atom. The lowest BCUT2D eigenvalue weighted by atomic mass is 9.92. The summed E-state index contributed by atoms with van der Waals surface area (Å²) >= 11 is 6.00. The zero-order chi connectivity index (χ0) is 24.7. The molecule has 1 aliphatic rings. The van der Waals surface area contributed by atoms with E-state index in [1.807, 2.05) is 12.1 Å². The topological polar surface area (TPSA) is 56.0 Å². The van der Waals surface area contributed by atoms with Crippen molar-refractivity contribution in [2.24, 2.45) is 5.92 Å². The van der Waals surface area contributed by atoms with Crippen LogP contribution in [0.15, 0.2) is 59.5 Å². The molecule has 0 spiro atoms. The molecule has 180 valence electrons. The molecular weight excluding hydrogens is 467 g/mol. The van der Waals surface area contributed by atoms with Crippen LogP contribution in [0.3, 0.4) is 0 Å². The van der Waals surface area contributed by atoms with Gasteiger partial charge in [-0.2, -0.15) is 13.2 Å². The van der Waals surface area contributed by atoms with Gasteiger partial charge in [-0.15, -0.1) is 0 Å². The fourth-order valence-electron chi connectivity index (χ4n) is 3.93. The molecule has 0 bridgehead atoms. The first-order chi connectivity index (χ1) is 15.9. The van der Waals surface area contributed by atoms with E-state index in [1.165, 1.54) is 16.7 Å². The van der Waals surface area contributed by atoms with Crippen molar-refractivity contribution in [3.8, 4) is 11.3 Å². The van der Waals surface area contributed by atoms with Gasteiger partial charge in [0.05, 0.1) is 16.8 Å². The number of hydrogen-bond donors (Lipinski definition) is 1. The van der Waals surface area contributed by atoms with Crippen molar-refractivity contribution in [2.45, 2.75) is 51.5 Å². The number of halogens is 4. The van der Waals surface area contributed by atoms with Gasteiger partial charge in [-0.3, -0.25) is 13.9 Å². The van der Waals surface area contributed by atoms with Gasteiger partial charge in [0.15, 0.2) is 0 Å². The fraction of sp³-hybridized carbons (Fsp3) is 0.360. The molecule has 9 heteroatoms. The highest BCUT2D eigenvalue weighted by Gasteiger charge is 2.33. The number of amides is 1. The van der Waals surface area contributed by atoms with Crippen LogP contribution in [0.4, 0.5) is 13.2 Å². The van der Waals surface area contributed by atoms with Crippen molar-refractivity contribution >= 4 is 17.5 Å². The van der Waals surface area contributed by atoms with Crippen LogP contribution in [0.5, 0.6) is 0 Å². The molecule has 1 N–H and O–H groups in total. The van der Waals surface area contributed by atoms with Crippen molar-refractivity contribution in [1.82, 2.24) is 14.5 Å². The molecule has 1 fully saturated rings. The normalized spacial score (nSPS) is 14.3. The average Bonchev–Trinajstić information content (AvgIpc) is 3.54. The summed E-state index contributed by atoms with van der Waals surface area (Å²) < 4.78 is 42.3. The summed E-state index contributed by atoms with van der Waals surface area (Å²) in [7, 11) is 0. The molecule has 1 saturated carbocycles. The molecule has 2 aromatic carbocycles. The van der Waals surface area contributed by atoms with E-state index in [2.05, 4.69) is 5.32 Å². The molecule has 0 unspecified atom stereocenters. The van der Waals surface area contributed by atoms with Gasteiger partial charge >= 0.3 is 11.9 Å². The maximum atomic E-state index is 13.1. The fourth-order valence-corrected chi connectivity index (χ4v) is 4.06. The first kappa shape index (κ1) is 24.1. The predicted molar refractivity (Wildman–Crippen MR) is 124 cm³/mol. The van der Waals surface area contributed by atoms with Crippen molar-refractivity contribution < 1.29 is 18.0 Å². The predicted octanol–water partition coefficient (Wildman–Crippen LogP) is 5.45. The summed E-state index contributed by atoms with van der Waals surface area (Å²) in [5.41, 5.74) is -0.338. The van der Waals surface area contributed by atoms with E-state index in [0.29, 0.717) is 28.7 Å². The highest BCUT2D eigenvalue weighted by atomic mass is 35.5. The van der Waals surface area contributed by atoms with Gasteiger partial charge in [0, 0.05) is 17.8 Å². The van der Waals surface area contributed by atoms with Gasteiger partial charge in [-0.25, -0.2) is 4.79 Å². The van der Waals surface area contributed by atoms with E-state index in [4.69, 9.17) is 11.6 Å². The Morgan fingerprint density at radius 2 is 1.74 bits per heavy atom. The summed E-state index contributed by atoms with van der Waals surface area (Å²) in [5, 5.41) is 3.34. The number of carbonyl (C=O) groups is 1. The number of benzene rings is 2. The van der Waals surface area contributed by atoms with Crippen LogP contribution in [-0.4, -0.2) is 15.0 Å². The largest absolute Gasteiger partial charge is 0.416 e. The molecule has 1 amide bonds. The molecule has 0 radical (unpaired) electrons. The van der Waals surface area contributed by atoms with Crippen molar-refractivity contribution in [3.63, 3.8) is 0 Å². The molecule has 5 nitrogen and oxygen atoms in total. The molecule has 3 aromatic rings. The Balaban J connectivity index is 1.57. The van der Waals surface area contributed by atoms with E-state index >= 15 is 0 Å². The lowest BCUT2D eigenvalue weighted by molar-refractivity contribution is -0.137. The second-order valence-electron chi connectivity index (χ2n) is 9.24. The Morgan fingerprint density at radius 1 is 1.09 bits per heavy atom. The summed E-state index contributed by atoms with van der Waals surface area (Å²) in [6.07, 6.45) is -0.719. The molecule has 1 heterocycles. The number of carbonyl (C=O) groups excluding carboxylic acids is 1. The summed E-state index contributed by atoms with van der Waals surface area (Å²) in [4.78, 5) is 26.0. The second kappa shape index (κ2) is 8.98. The van der Waals surface area contributed by atoms with E-state index in [-0.39, 0.29) is 12.2 Å². The second-order valence-corrected chi connectivity index (χ2v) is 9.67. The van der Waals surface area contributed by atoms with Gasteiger partial charge in [-0.05, 0) is 68.0 Å². The summed E-state index contributed by atoms with van der Waals surface area (Å²) in [5.74, 6) is -0.0380. The van der Waals surface area contributed by atoms with Crippen LogP contribution in [0.2, 0.25) is 5.02 Å². The van der Waals surface area contributed by atoms with E-state index in [9.17, 15) is 22.8 Å². The molecule has 0 saturated heterocycles. The number of nitrogens with one attached hydrogen (secondary N) is 1. The van der Waals surface area contributed by atoms with E-state index in [1.54, 1.807) is 36.7 Å². The number of imidazole rings is 1. The third kappa shape index (κ3) is 5.38. The minimum Gasteiger partial charge on any atom is -0.346 e. The standard InChI is InChI=1S/C25H25ClF3N3O2/c1-24(2,18-4-3-5-19(12-18)25(27,28)29)30-22(33)15-31-14-21(17-8-10-20(26)11-9-17)32(23(31)34)13-16-6-7-16/h3-5,8-12,14,16H,6-7,13,15H2,1-2H3,(H,30,33). The van der Waals surface area contributed by atoms with Crippen LogP contribution in [0.25, 0.3) is 11.3 Å². The minimum absolute atomic E-state index is 0.251. The SMILES string of the molecule is CC(C)(NC(=O)Cn1cc(-c2ccc(Cl)cc2)n(CC2CC2)c1=O)c1cccc(C(F)(F)F)c1. The first-order valence-electron chi connectivity index (χ1n) is 11.0. The van der Waals surface area contributed by atoms with Crippen LogP contribution in [0.1, 0.15) is 37.8 Å². The van der Waals surface area contributed by atoms with Gasteiger partial charge in [-0.1, -0.05) is 35.9 Å². The minimum atomic E-state index is -4.48. The van der Waals surface area contributed by atoms with Gasteiger partial charge in [0.2, 0.25) is 5.91 Å². The van der Waals surface area contributed by atoms with Gasteiger partial charge < -0.3 is 5.32 Å². The lowest BCUT2D eigenvalue weighted by Crippen LogP contribution is -2.43. The van der Waals surface area contributed by atoms with Crippen LogP contribution in [-0.2, 0) is 29.6 Å². The smallest absolute Gasteiger partial charge is 0.346 e. The molecule has 1 aliphatic carbocycles. The maximum absolute atomic E-state index is 13.1. The Labute approximate surface area is 200 Å². The molecular formula is C25H25ClF3N3O2. The van der Waals surface area contributed by atoms with Crippen molar-refractivity contribution in [3.05, 3.63) is 81.4 Å². The number of aromatic nitrogens is 2. The first-order valence-corrected chi connectivity index (χ1v) is 11.4. The molecule has 34 heavy (non-hydrogen) atoms. The highest BCUT2D eigenvalue weighted by Crippen LogP contribution is 2.33. The molecule has 0 aliphatic heterocycles. The van der Waals surface area contributed by atoms with Crippen LogP contribution in [0, 0.1) is 5.92 Å². The molecule has 4 rings (SSSR count). The van der Waals surface area contributed by atoms with E-state index < -0.39 is 23.2 Å². The monoisotopic (exact) mass is 491 g/mol. The van der Waals surface area contributed by atoms with Gasteiger partial charge in [0.25, 0.3) is 0 Å². The third-order valence-corrected chi connectivity index (χ3v) is 6.25. The Kier molecular flexibility index (Phi) is 6.38. The quantitative estimate of drug-likeness (QED) is 0.478.